The summed E-state index contributed by atoms with van der Waals surface area (Å²) >= 11 is 0. The molecule has 4 heteroatoms. The normalized spacial score (nSPS) is 21.4. The SMILES string of the molecule is Cc1ccc2c(F)c(OC(=O)C3CCC(C)CC3)c(F)cc2c1. The molecule has 0 aliphatic heterocycles. The zero-order valence-electron chi connectivity index (χ0n) is 13.4. The van der Waals surface area contributed by atoms with Gasteiger partial charge in [-0.05, 0) is 50.0 Å². The fourth-order valence-electron chi connectivity index (χ4n) is 3.20. The third kappa shape index (κ3) is 3.21. The molecule has 0 bridgehead atoms. The Balaban J connectivity index is 1.88. The van der Waals surface area contributed by atoms with Crippen LogP contribution in [0.1, 0.15) is 38.2 Å². The molecule has 1 aliphatic rings. The molecule has 0 atom stereocenters. The number of hydrogen-bond donors (Lipinski definition) is 0. The maximum atomic E-state index is 14.5. The lowest BCUT2D eigenvalue weighted by atomic mass is 9.83. The van der Waals surface area contributed by atoms with Crippen LogP contribution in [-0.2, 0) is 4.79 Å². The molecular formula is C19H20F2O2. The summed E-state index contributed by atoms with van der Waals surface area (Å²) in [5.74, 6) is -2.42. The molecule has 2 aromatic rings. The van der Waals surface area contributed by atoms with Crippen molar-refractivity contribution < 1.29 is 18.3 Å². The zero-order valence-corrected chi connectivity index (χ0v) is 13.4. The monoisotopic (exact) mass is 318 g/mol. The molecule has 1 fully saturated rings. The van der Waals surface area contributed by atoms with E-state index in [0.29, 0.717) is 11.3 Å². The van der Waals surface area contributed by atoms with Crippen molar-refractivity contribution in [1.29, 1.82) is 0 Å². The molecule has 2 nitrogen and oxygen atoms in total. The van der Waals surface area contributed by atoms with Crippen LogP contribution in [0.3, 0.4) is 0 Å². The first kappa shape index (κ1) is 15.9. The maximum Gasteiger partial charge on any atom is 0.314 e. The van der Waals surface area contributed by atoms with Gasteiger partial charge in [-0.3, -0.25) is 4.79 Å². The second-order valence-electron chi connectivity index (χ2n) is 6.60. The van der Waals surface area contributed by atoms with Crippen LogP contribution >= 0.6 is 0 Å². The topological polar surface area (TPSA) is 26.3 Å². The van der Waals surface area contributed by atoms with Crippen LogP contribution in [0.15, 0.2) is 24.3 Å². The second kappa shape index (κ2) is 6.26. The highest BCUT2D eigenvalue weighted by Crippen LogP contribution is 2.33. The minimum atomic E-state index is -0.835. The van der Waals surface area contributed by atoms with Gasteiger partial charge in [-0.2, -0.15) is 0 Å². The highest BCUT2D eigenvalue weighted by molar-refractivity contribution is 5.86. The number of ether oxygens (including phenoxy) is 1. The predicted molar refractivity (Wildman–Crippen MR) is 85.4 cm³/mol. The summed E-state index contributed by atoms with van der Waals surface area (Å²) in [6.45, 7) is 4.00. The van der Waals surface area contributed by atoms with Crippen molar-refractivity contribution in [3.63, 3.8) is 0 Å². The number of esters is 1. The molecule has 0 aromatic heterocycles. The van der Waals surface area contributed by atoms with Crippen molar-refractivity contribution in [2.24, 2.45) is 11.8 Å². The molecule has 0 radical (unpaired) electrons. The van der Waals surface area contributed by atoms with E-state index in [2.05, 4.69) is 6.92 Å². The Morgan fingerprint density at radius 3 is 2.52 bits per heavy atom. The van der Waals surface area contributed by atoms with Crippen LogP contribution in [0, 0.1) is 30.4 Å². The van der Waals surface area contributed by atoms with E-state index in [4.69, 9.17) is 4.74 Å². The Morgan fingerprint density at radius 2 is 1.83 bits per heavy atom. The van der Waals surface area contributed by atoms with Gasteiger partial charge in [0.2, 0.25) is 5.75 Å². The molecule has 1 aliphatic carbocycles. The lowest BCUT2D eigenvalue weighted by Gasteiger charge is -2.24. The molecule has 2 aromatic carbocycles. The molecule has 0 saturated heterocycles. The molecule has 0 N–H and O–H groups in total. The van der Waals surface area contributed by atoms with Gasteiger partial charge < -0.3 is 4.74 Å². The standard InChI is InChI=1S/C19H20F2O2/c1-11-3-6-13(7-4-11)19(22)23-18-16(20)10-14-9-12(2)5-8-15(14)17(18)21/h5,8-11,13H,3-4,6-7H2,1-2H3. The Hall–Kier alpha value is -1.97. The quantitative estimate of drug-likeness (QED) is 0.565. The van der Waals surface area contributed by atoms with Crippen molar-refractivity contribution in [2.45, 2.75) is 39.5 Å². The number of carbonyl (C=O) groups excluding carboxylic acids is 1. The van der Waals surface area contributed by atoms with E-state index in [1.807, 2.05) is 6.92 Å². The highest BCUT2D eigenvalue weighted by Gasteiger charge is 2.28. The van der Waals surface area contributed by atoms with Crippen molar-refractivity contribution in [3.05, 3.63) is 41.5 Å². The van der Waals surface area contributed by atoms with Gasteiger partial charge in [0, 0.05) is 5.39 Å². The van der Waals surface area contributed by atoms with Crippen LogP contribution < -0.4 is 4.74 Å². The number of carbonyl (C=O) groups is 1. The van der Waals surface area contributed by atoms with Crippen LogP contribution in [0.5, 0.6) is 5.75 Å². The summed E-state index contributed by atoms with van der Waals surface area (Å²) in [6, 6.07) is 6.25. The summed E-state index contributed by atoms with van der Waals surface area (Å²) in [6.07, 6.45) is 3.33. The van der Waals surface area contributed by atoms with Gasteiger partial charge in [0.15, 0.2) is 11.6 Å². The lowest BCUT2D eigenvalue weighted by molar-refractivity contribution is -0.140. The molecule has 0 amide bonds. The van der Waals surface area contributed by atoms with Crippen LogP contribution in [-0.4, -0.2) is 5.97 Å². The van der Waals surface area contributed by atoms with E-state index < -0.39 is 23.4 Å². The van der Waals surface area contributed by atoms with Crippen molar-refractivity contribution >= 4 is 16.7 Å². The van der Waals surface area contributed by atoms with Gasteiger partial charge in [0.25, 0.3) is 0 Å². The van der Waals surface area contributed by atoms with Crippen molar-refractivity contribution in [2.75, 3.05) is 0 Å². The van der Waals surface area contributed by atoms with E-state index in [-0.39, 0.29) is 11.3 Å². The fourth-order valence-corrected chi connectivity index (χ4v) is 3.20. The molecule has 122 valence electrons. The minimum Gasteiger partial charge on any atom is -0.420 e. The first-order valence-corrected chi connectivity index (χ1v) is 8.05. The van der Waals surface area contributed by atoms with E-state index in [9.17, 15) is 13.6 Å². The first-order valence-electron chi connectivity index (χ1n) is 8.05. The third-order valence-corrected chi connectivity index (χ3v) is 4.69. The average molecular weight is 318 g/mol. The summed E-state index contributed by atoms with van der Waals surface area (Å²) in [5, 5.41) is 0.725. The Kier molecular flexibility index (Phi) is 4.33. The maximum absolute atomic E-state index is 14.5. The molecular weight excluding hydrogens is 298 g/mol. The summed E-state index contributed by atoms with van der Waals surface area (Å²) < 4.78 is 33.8. The van der Waals surface area contributed by atoms with Crippen molar-refractivity contribution in [1.82, 2.24) is 0 Å². The smallest absolute Gasteiger partial charge is 0.314 e. The van der Waals surface area contributed by atoms with E-state index >= 15 is 0 Å². The van der Waals surface area contributed by atoms with E-state index in [1.165, 1.54) is 6.07 Å². The molecule has 0 unspecified atom stereocenters. The van der Waals surface area contributed by atoms with Crippen LogP contribution in [0.25, 0.3) is 10.8 Å². The summed E-state index contributed by atoms with van der Waals surface area (Å²) in [5.41, 5.74) is 0.914. The van der Waals surface area contributed by atoms with Crippen molar-refractivity contribution in [3.8, 4) is 5.75 Å². The Labute approximate surface area is 134 Å². The lowest BCUT2D eigenvalue weighted by Crippen LogP contribution is -2.25. The third-order valence-electron chi connectivity index (χ3n) is 4.69. The Morgan fingerprint density at radius 1 is 1.13 bits per heavy atom. The van der Waals surface area contributed by atoms with Gasteiger partial charge in [-0.15, -0.1) is 0 Å². The summed E-state index contributed by atoms with van der Waals surface area (Å²) in [7, 11) is 0. The van der Waals surface area contributed by atoms with Crippen LogP contribution in [0.2, 0.25) is 0 Å². The van der Waals surface area contributed by atoms with E-state index in [0.717, 1.165) is 31.2 Å². The second-order valence-corrected chi connectivity index (χ2v) is 6.60. The molecule has 0 spiro atoms. The fraction of sp³-hybridized carbons (Fsp3) is 0.421. The number of hydrogen-bond acceptors (Lipinski definition) is 2. The minimum absolute atomic E-state index is 0.261. The zero-order chi connectivity index (χ0) is 16.6. The molecule has 23 heavy (non-hydrogen) atoms. The summed E-state index contributed by atoms with van der Waals surface area (Å²) in [4.78, 5) is 12.2. The first-order chi connectivity index (χ1) is 11.0. The van der Waals surface area contributed by atoms with Gasteiger partial charge in [-0.25, -0.2) is 8.78 Å². The number of rotatable bonds is 2. The highest BCUT2D eigenvalue weighted by atomic mass is 19.1. The van der Waals surface area contributed by atoms with Gasteiger partial charge >= 0.3 is 5.97 Å². The molecule has 1 saturated carbocycles. The predicted octanol–water partition coefficient (Wildman–Crippen LogP) is 5.16. The average Bonchev–Trinajstić information content (AvgIpc) is 2.51. The van der Waals surface area contributed by atoms with Gasteiger partial charge in [0.1, 0.15) is 0 Å². The Bertz CT molecular complexity index is 747. The molecule has 3 rings (SSSR count). The van der Waals surface area contributed by atoms with Crippen LogP contribution in [0.4, 0.5) is 8.78 Å². The van der Waals surface area contributed by atoms with E-state index in [1.54, 1.807) is 18.2 Å². The van der Waals surface area contributed by atoms with Gasteiger partial charge in [0.05, 0.1) is 5.92 Å². The van der Waals surface area contributed by atoms with Gasteiger partial charge in [-0.1, -0.05) is 30.7 Å². The number of fused-ring (bicyclic) bond motifs is 1. The largest absolute Gasteiger partial charge is 0.420 e. The number of aryl methyl sites for hydroxylation is 1. The number of halogens is 2. The number of benzene rings is 2. The molecule has 0 heterocycles.